The highest BCUT2D eigenvalue weighted by Crippen LogP contribution is 2.31. The van der Waals surface area contributed by atoms with Crippen molar-refractivity contribution in [1.29, 1.82) is 0 Å². The molecular formula is C22H16BrClN4OS. The quantitative estimate of drug-likeness (QED) is 0.312. The summed E-state index contributed by atoms with van der Waals surface area (Å²) >= 11 is 10.8. The van der Waals surface area contributed by atoms with E-state index in [1.807, 2.05) is 61.5 Å². The molecule has 1 aromatic heterocycles. The molecule has 0 unspecified atom stereocenters. The van der Waals surface area contributed by atoms with Gasteiger partial charge in [0.15, 0.2) is 0 Å². The lowest BCUT2D eigenvalue weighted by molar-refractivity contribution is 0.102. The van der Waals surface area contributed by atoms with Gasteiger partial charge in [-0.05, 0) is 55.0 Å². The van der Waals surface area contributed by atoms with Crippen molar-refractivity contribution in [3.63, 3.8) is 0 Å². The van der Waals surface area contributed by atoms with Gasteiger partial charge in [-0.1, -0.05) is 63.1 Å². The maximum atomic E-state index is 12.5. The lowest BCUT2D eigenvalue weighted by Crippen LogP contribution is -2.12. The minimum absolute atomic E-state index is 0.174. The standard InChI is InChI=1S/C22H16BrClN4OS/c1-13-5-10-18(25-20(29)15-3-2-4-16(23)11-15)12-19(13)26-22-28-27-21(30-22)14-6-8-17(24)9-7-14/h2-12H,1H3,(H,25,29)(H,26,28). The number of amides is 1. The smallest absolute Gasteiger partial charge is 0.255 e. The van der Waals surface area contributed by atoms with Crippen molar-refractivity contribution in [2.75, 3.05) is 10.6 Å². The van der Waals surface area contributed by atoms with Crippen molar-refractivity contribution in [3.8, 4) is 10.6 Å². The van der Waals surface area contributed by atoms with Gasteiger partial charge in [0.25, 0.3) is 5.91 Å². The Morgan fingerprint density at radius 3 is 2.60 bits per heavy atom. The fraction of sp³-hybridized carbons (Fsp3) is 0.0455. The molecule has 8 heteroatoms. The van der Waals surface area contributed by atoms with Crippen LogP contribution in [0.5, 0.6) is 0 Å². The topological polar surface area (TPSA) is 66.9 Å². The van der Waals surface area contributed by atoms with Gasteiger partial charge >= 0.3 is 0 Å². The van der Waals surface area contributed by atoms with Crippen molar-refractivity contribution >= 4 is 61.3 Å². The zero-order valence-corrected chi connectivity index (χ0v) is 19.0. The Labute approximate surface area is 191 Å². The van der Waals surface area contributed by atoms with E-state index in [1.165, 1.54) is 11.3 Å². The summed E-state index contributed by atoms with van der Waals surface area (Å²) in [5.74, 6) is -0.174. The van der Waals surface area contributed by atoms with Crippen LogP contribution in [0.25, 0.3) is 10.6 Å². The van der Waals surface area contributed by atoms with E-state index >= 15 is 0 Å². The predicted molar refractivity (Wildman–Crippen MR) is 127 cm³/mol. The van der Waals surface area contributed by atoms with Gasteiger partial charge < -0.3 is 10.6 Å². The summed E-state index contributed by atoms with van der Waals surface area (Å²) in [6.07, 6.45) is 0. The summed E-state index contributed by atoms with van der Waals surface area (Å²) in [5, 5.41) is 16.8. The molecule has 30 heavy (non-hydrogen) atoms. The molecule has 0 atom stereocenters. The normalized spacial score (nSPS) is 10.6. The molecule has 3 aromatic carbocycles. The number of nitrogens with one attached hydrogen (secondary N) is 2. The van der Waals surface area contributed by atoms with Crippen LogP contribution in [0.4, 0.5) is 16.5 Å². The van der Waals surface area contributed by atoms with Crippen LogP contribution in [-0.4, -0.2) is 16.1 Å². The number of halogens is 2. The third-order valence-electron chi connectivity index (χ3n) is 4.34. The van der Waals surface area contributed by atoms with Gasteiger partial charge in [-0.2, -0.15) is 0 Å². The largest absolute Gasteiger partial charge is 0.330 e. The molecule has 0 spiro atoms. The van der Waals surface area contributed by atoms with Gasteiger partial charge in [0.1, 0.15) is 5.01 Å². The van der Waals surface area contributed by atoms with Crippen LogP contribution >= 0.6 is 38.9 Å². The molecule has 1 heterocycles. The van der Waals surface area contributed by atoms with Gasteiger partial charge in [0.2, 0.25) is 5.13 Å². The van der Waals surface area contributed by atoms with Crippen LogP contribution in [0.3, 0.4) is 0 Å². The molecule has 0 aliphatic carbocycles. The van der Waals surface area contributed by atoms with Gasteiger partial charge in [-0.15, -0.1) is 10.2 Å². The Kier molecular flexibility index (Phi) is 6.13. The average Bonchev–Trinajstić information content (AvgIpc) is 3.19. The Morgan fingerprint density at radius 2 is 1.83 bits per heavy atom. The molecule has 0 bridgehead atoms. The van der Waals surface area contributed by atoms with Crippen molar-refractivity contribution < 1.29 is 4.79 Å². The number of hydrogen-bond acceptors (Lipinski definition) is 5. The second-order valence-electron chi connectivity index (χ2n) is 6.54. The van der Waals surface area contributed by atoms with Gasteiger partial charge in [-0.3, -0.25) is 4.79 Å². The number of nitrogens with zero attached hydrogens (tertiary/aromatic N) is 2. The first-order chi connectivity index (χ1) is 14.5. The summed E-state index contributed by atoms with van der Waals surface area (Å²) in [7, 11) is 0. The molecule has 0 radical (unpaired) electrons. The number of benzene rings is 3. The number of carbonyl (C=O) groups excluding carboxylic acids is 1. The Bertz CT molecular complexity index is 1210. The molecule has 0 saturated carbocycles. The Balaban J connectivity index is 1.51. The van der Waals surface area contributed by atoms with Crippen LogP contribution in [-0.2, 0) is 0 Å². The average molecular weight is 500 g/mol. The predicted octanol–water partition coefficient (Wildman–Crippen LogP) is 6.93. The number of anilines is 3. The van der Waals surface area contributed by atoms with Gasteiger partial charge in [-0.25, -0.2) is 0 Å². The SMILES string of the molecule is Cc1ccc(NC(=O)c2cccc(Br)c2)cc1Nc1nnc(-c2ccc(Cl)cc2)s1. The summed E-state index contributed by atoms with van der Waals surface area (Å²) < 4.78 is 0.856. The van der Waals surface area contributed by atoms with E-state index < -0.39 is 0 Å². The maximum Gasteiger partial charge on any atom is 0.255 e. The highest BCUT2D eigenvalue weighted by atomic mass is 79.9. The molecule has 0 saturated heterocycles. The molecule has 4 rings (SSSR count). The molecule has 2 N–H and O–H groups in total. The Hall–Kier alpha value is -2.74. The number of rotatable bonds is 5. The summed E-state index contributed by atoms with van der Waals surface area (Å²) in [6, 6.07) is 20.4. The van der Waals surface area contributed by atoms with Crippen molar-refractivity contribution in [2.24, 2.45) is 0 Å². The summed E-state index contributed by atoms with van der Waals surface area (Å²) in [4.78, 5) is 12.5. The van der Waals surface area contributed by atoms with Crippen molar-refractivity contribution in [2.45, 2.75) is 6.92 Å². The minimum atomic E-state index is -0.174. The van der Waals surface area contributed by atoms with Crippen LogP contribution in [0.2, 0.25) is 5.02 Å². The maximum absolute atomic E-state index is 12.5. The third kappa shape index (κ3) is 4.87. The highest BCUT2D eigenvalue weighted by Gasteiger charge is 2.11. The van der Waals surface area contributed by atoms with E-state index in [2.05, 4.69) is 36.8 Å². The molecule has 0 aliphatic rings. The number of aromatic nitrogens is 2. The van der Waals surface area contributed by atoms with Crippen LogP contribution < -0.4 is 10.6 Å². The van der Waals surface area contributed by atoms with E-state index in [0.717, 1.165) is 26.3 Å². The second kappa shape index (κ2) is 8.95. The van der Waals surface area contributed by atoms with E-state index in [1.54, 1.807) is 12.1 Å². The van der Waals surface area contributed by atoms with E-state index in [-0.39, 0.29) is 5.91 Å². The molecule has 0 fully saturated rings. The second-order valence-corrected chi connectivity index (χ2v) is 8.87. The van der Waals surface area contributed by atoms with Crippen LogP contribution in [0.1, 0.15) is 15.9 Å². The highest BCUT2D eigenvalue weighted by molar-refractivity contribution is 9.10. The molecule has 0 aliphatic heterocycles. The first-order valence-electron chi connectivity index (χ1n) is 9.02. The van der Waals surface area contributed by atoms with Gasteiger partial charge in [0, 0.05) is 32.0 Å². The van der Waals surface area contributed by atoms with E-state index in [0.29, 0.717) is 21.4 Å². The Morgan fingerprint density at radius 1 is 1.03 bits per heavy atom. The van der Waals surface area contributed by atoms with Crippen LogP contribution in [0.15, 0.2) is 71.2 Å². The fourth-order valence-corrected chi connectivity index (χ4v) is 4.05. The zero-order chi connectivity index (χ0) is 21.1. The summed E-state index contributed by atoms with van der Waals surface area (Å²) in [5.41, 5.74) is 4.10. The first kappa shape index (κ1) is 20.5. The molecule has 150 valence electrons. The number of carbonyl (C=O) groups is 1. The lowest BCUT2D eigenvalue weighted by Gasteiger charge is -2.11. The molecular weight excluding hydrogens is 484 g/mol. The van der Waals surface area contributed by atoms with Gasteiger partial charge in [0.05, 0.1) is 0 Å². The number of hydrogen-bond donors (Lipinski definition) is 2. The van der Waals surface area contributed by atoms with E-state index in [4.69, 9.17) is 11.6 Å². The van der Waals surface area contributed by atoms with Crippen molar-refractivity contribution in [3.05, 3.63) is 87.4 Å². The van der Waals surface area contributed by atoms with Crippen LogP contribution in [0, 0.1) is 6.92 Å². The lowest BCUT2D eigenvalue weighted by atomic mass is 10.1. The fourth-order valence-electron chi connectivity index (χ4n) is 2.77. The third-order valence-corrected chi connectivity index (χ3v) is 5.97. The van der Waals surface area contributed by atoms with E-state index in [9.17, 15) is 4.79 Å². The molecule has 5 nitrogen and oxygen atoms in total. The van der Waals surface area contributed by atoms with Crippen molar-refractivity contribution in [1.82, 2.24) is 10.2 Å². The molecule has 1 amide bonds. The molecule has 4 aromatic rings. The first-order valence-corrected chi connectivity index (χ1v) is 11.0. The summed E-state index contributed by atoms with van der Waals surface area (Å²) in [6.45, 7) is 1.99. The monoisotopic (exact) mass is 498 g/mol. The zero-order valence-electron chi connectivity index (χ0n) is 15.8. The number of aryl methyl sites for hydroxylation is 1. The minimum Gasteiger partial charge on any atom is -0.330 e.